The molecule has 0 aliphatic heterocycles. The molecular formula is C19H25NO. The van der Waals surface area contributed by atoms with E-state index in [0.717, 1.165) is 12.2 Å². The maximum atomic E-state index is 6.04. The second-order valence-corrected chi connectivity index (χ2v) is 5.60. The standard InChI is InChI=1S/C19H25NO/c1-4-16(12-20)18-8-6-5-7-17(18)13-21-19-11-14(2)9-10-15(19)3/h5-11,16H,4,12-13,20H2,1-3H3. The van der Waals surface area contributed by atoms with E-state index in [1.807, 2.05) is 0 Å². The average Bonchev–Trinajstić information content (AvgIpc) is 2.50. The monoisotopic (exact) mass is 283 g/mol. The molecule has 2 aromatic rings. The van der Waals surface area contributed by atoms with Crippen LogP contribution < -0.4 is 10.5 Å². The van der Waals surface area contributed by atoms with E-state index in [0.29, 0.717) is 19.1 Å². The SMILES string of the molecule is CCC(CN)c1ccccc1COc1cc(C)ccc1C. The first kappa shape index (κ1) is 15.6. The average molecular weight is 283 g/mol. The molecule has 0 aliphatic rings. The summed E-state index contributed by atoms with van der Waals surface area (Å²) in [6.07, 6.45) is 1.05. The van der Waals surface area contributed by atoms with Gasteiger partial charge in [-0.15, -0.1) is 0 Å². The fraction of sp³-hybridized carbons (Fsp3) is 0.368. The lowest BCUT2D eigenvalue weighted by Gasteiger charge is -2.18. The number of hydrogen-bond donors (Lipinski definition) is 1. The third-order valence-corrected chi connectivity index (χ3v) is 4.00. The molecule has 2 aromatic carbocycles. The summed E-state index contributed by atoms with van der Waals surface area (Å²) in [7, 11) is 0. The predicted octanol–water partition coefficient (Wildman–Crippen LogP) is 4.33. The van der Waals surface area contributed by atoms with Gasteiger partial charge >= 0.3 is 0 Å². The van der Waals surface area contributed by atoms with Crippen LogP contribution in [0, 0.1) is 13.8 Å². The molecule has 2 N–H and O–H groups in total. The van der Waals surface area contributed by atoms with E-state index in [1.54, 1.807) is 0 Å². The smallest absolute Gasteiger partial charge is 0.122 e. The third kappa shape index (κ3) is 3.85. The molecule has 0 spiro atoms. The van der Waals surface area contributed by atoms with E-state index >= 15 is 0 Å². The number of hydrogen-bond acceptors (Lipinski definition) is 2. The minimum atomic E-state index is 0.406. The zero-order valence-electron chi connectivity index (χ0n) is 13.2. The van der Waals surface area contributed by atoms with Crippen LogP contribution in [0.2, 0.25) is 0 Å². The molecular weight excluding hydrogens is 258 g/mol. The summed E-state index contributed by atoms with van der Waals surface area (Å²) in [6.45, 7) is 7.62. The first-order valence-corrected chi connectivity index (χ1v) is 7.63. The quantitative estimate of drug-likeness (QED) is 0.856. The van der Waals surface area contributed by atoms with Crippen molar-refractivity contribution in [1.29, 1.82) is 0 Å². The van der Waals surface area contributed by atoms with Gasteiger partial charge in [0.25, 0.3) is 0 Å². The van der Waals surface area contributed by atoms with Crippen molar-refractivity contribution in [3.05, 3.63) is 64.7 Å². The molecule has 0 heterocycles. The summed E-state index contributed by atoms with van der Waals surface area (Å²) in [5, 5.41) is 0. The van der Waals surface area contributed by atoms with E-state index in [4.69, 9.17) is 10.5 Å². The van der Waals surface area contributed by atoms with E-state index in [2.05, 4.69) is 63.2 Å². The minimum absolute atomic E-state index is 0.406. The number of rotatable bonds is 6. The van der Waals surface area contributed by atoms with E-state index in [-0.39, 0.29) is 0 Å². The topological polar surface area (TPSA) is 35.2 Å². The second kappa shape index (κ2) is 7.28. The van der Waals surface area contributed by atoms with Gasteiger partial charge in [-0.1, -0.05) is 43.3 Å². The Labute approximate surface area is 127 Å². The Kier molecular flexibility index (Phi) is 5.40. The van der Waals surface area contributed by atoms with Crippen molar-refractivity contribution in [3.63, 3.8) is 0 Å². The highest BCUT2D eigenvalue weighted by Gasteiger charge is 2.12. The third-order valence-electron chi connectivity index (χ3n) is 4.00. The van der Waals surface area contributed by atoms with Crippen molar-refractivity contribution < 1.29 is 4.74 Å². The predicted molar refractivity (Wildman–Crippen MR) is 88.8 cm³/mol. The Balaban J connectivity index is 2.18. The van der Waals surface area contributed by atoms with Crippen LogP contribution in [0.4, 0.5) is 0 Å². The van der Waals surface area contributed by atoms with Crippen LogP contribution in [0.25, 0.3) is 0 Å². The van der Waals surface area contributed by atoms with Crippen molar-refractivity contribution in [2.24, 2.45) is 5.73 Å². The molecule has 0 aromatic heterocycles. The van der Waals surface area contributed by atoms with Crippen molar-refractivity contribution in [2.45, 2.75) is 39.7 Å². The molecule has 0 saturated carbocycles. The number of nitrogens with two attached hydrogens (primary N) is 1. The van der Waals surface area contributed by atoms with Gasteiger partial charge in [-0.25, -0.2) is 0 Å². The first-order chi connectivity index (χ1) is 10.2. The van der Waals surface area contributed by atoms with Crippen LogP contribution in [0.15, 0.2) is 42.5 Å². The highest BCUT2D eigenvalue weighted by molar-refractivity contribution is 5.37. The van der Waals surface area contributed by atoms with Gasteiger partial charge in [0.2, 0.25) is 0 Å². The van der Waals surface area contributed by atoms with Crippen LogP contribution in [0.5, 0.6) is 5.75 Å². The van der Waals surface area contributed by atoms with Crippen LogP contribution >= 0.6 is 0 Å². The number of aryl methyl sites for hydroxylation is 2. The highest BCUT2D eigenvalue weighted by Crippen LogP contribution is 2.25. The molecule has 0 amide bonds. The normalized spacial score (nSPS) is 12.2. The zero-order chi connectivity index (χ0) is 15.2. The highest BCUT2D eigenvalue weighted by atomic mass is 16.5. The molecule has 0 bridgehead atoms. The Morgan fingerprint density at radius 2 is 1.86 bits per heavy atom. The van der Waals surface area contributed by atoms with Crippen molar-refractivity contribution >= 4 is 0 Å². The van der Waals surface area contributed by atoms with Gasteiger partial charge in [-0.2, -0.15) is 0 Å². The first-order valence-electron chi connectivity index (χ1n) is 7.63. The molecule has 1 atom stereocenters. The summed E-state index contributed by atoms with van der Waals surface area (Å²) in [6, 6.07) is 14.8. The van der Waals surface area contributed by atoms with Crippen LogP contribution in [0.1, 0.15) is 41.5 Å². The maximum Gasteiger partial charge on any atom is 0.122 e. The van der Waals surface area contributed by atoms with E-state index in [1.165, 1.54) is 22.3 Å². The molecule has 0 fully saturated rings. The van der Waals surface area contributed by atoms with Crippen LogP contribution in [-0.4, -0.2) is 6.54 Å². The largest absolute Gasteiger partial charge is 0.489 e. The van der Waals surface area contributed by atoms with Crippen molar-refractivity contribution in [3.8, 4) is 5.75 Å². The summed E-state index contributed by atoms with van der Waals surface area (Å²) in [5.41, 5.74) is 10.8. The van der Waals surface area contributed by atoms with Crippen molar-refractivity contribution in [2.75, 3.05) is 6.54 Å². The van der Waals surface area contributed by atoms with Gasteiger partial charge in [0.1, 0.15) is 12.4 Å². The van der Waals surface area contributed by atoms with Crippen LogP contribution in [0.3, 0.4) is 0 Å². The molecule has 0 radical (unpaired) electrons. The molecule has 2 nitrogen and oxygen atoms in total. The fourth-order valence-corrected chi connectivity index (χ4v) is 2.60. The lowest BCUT2D eigenvalue weighted by Crippen LogP contribution is -2.14. The lowest BCUT2D eigenvalue weighted by molar-refractivity contribution is 0.302. The summed E-state index contributed by atoms with van der Waals surface area (Å²) < 4.78 is 6.04. The number of ether oxygens (including phenoxy) is 1. The van der Waals surface area contributed by atoms with Gasteiger partial charge < -0.3 is 10.5 Å². The van der Waals surface area contributed by atoms with E-state index in [9.17, 15) is 0 Å². The zero-order valence-corrected chi connectivity index (χ0v) is 13.2. The molecule has 0 aliphatic carbocycles. The summed E-state index contributed by atoms with van der Waals surface area (Å²) in [4.78, 5) is 0. The maximum absolute atomic E-state index is 6.04. The molecule has 0 saturated heterocycles. The Morgan fingerprint density at radius 3 is 2.57 bits per heavy atom. The molecule has 112 valence electrons. The molecule has 2 rings (SSSR count). The molecule has 21 heavy (non-hydrogen) atoms. The summed E-state index contributed by atoms with van der Waals surface area (Å²) in [5.74, 6) is 1.37. The second-order valence-electron chi connectivity index (χ2n) is 5.60. The Morgan fingerprint density at radius 1 is 1.10 bits per heavy atom. The Bertz CT molecular complexity index is 588. The summed E-state index contributed by atoms with van der Waals surface area (Å²) >= 11 is 0. The molecule has 1 unspecified atom stereocenters. The van der Waals surface area contributed by atoms with Crippen LogP contribution in [-0.2, 0) is 6.61 Å². The fourth-order valence-electron chi connectivity index (χ4n) is 2.60. The number of benzene rings is 2. The van der Waals surface area contributed by atoms with Gasteiger partial charge in [0.15, 0.2) is 0 Å². The molecule has 2 heteroatoms. The van der Waals surface area contributed by atoms with Crippen molar-refractivity contribution in [1.82, 2.24) is 0 Å². The van der Waals surface area contributed by atoms with Gasteiger partial charge in [-0.3, -0.25) is 0 Å². The Hall–Kier alpha value is -1.80. The van der Waals surface area contributed by atoms with Gasteiger partial charge in [0.05, 0.1) is 0 Å². The lowest BCUT2D eigenvalue weighted by atomic mass is 9.92. The van der Waals surface area contributed by atoms with E-state index < -0.39 is 0 Å². The van der Waals surface area contributed by atoms with Gasteiger partial charge in [-0.05, 0) is 61.1 Å². The van der Waals surface area contributed by atoms with Gasteiger partial charge in [0, 0.05) is 0 Å². The minimum Gasteiger partial charge on any atom is -0.489 e.